The molecule has 116 valence electrons. The van der Waals surface area contributed by atoms with E-state index in [1.807, 2.05) is 0 Å². The minimum absolute atomic E-state index is 0.580. The number of benzene rings is 1. The molecule has 0 aromatic heterocycles. The highest BCUT2D eigenvalue weighted by molar-refractivity contribution is 9.10. The Morgan fingerprint density at radius 3 is 2.81 bits per heavy atom. The summed E-state index contributed by atoms with van der Waals surface area (Å²) < 4.78 is 1.20. The molecule has 2 unspecified atom stereocenters. The molecule has 3 heteroatoms. The van der Waals surface area contributed by atoms with Crippen LogP contribution in [-0.2, 0) is 0 Å². The van der Waals surface area contributed by atoms with Crippen LogP contribution in [0.4, 0.5) is 0 Å². The van der Waals surface area contributed by atoms with E-state index in [1.54, 1.807) is 0 Å². The van der Waals surface area contributed by atoms with Gasteiger partial charge in [-0.15, -0.1) is 0 Å². The van der Waals surface area contributed by atoms with Crippen molar-refractivity contribution in [2.24, 2.45) is 5.92 Å². The number of piperidine rings is 1. The van der Waals surface area contributed by atoms with E-state index >= 15 is 0 Å². The second-order valence-electron chi connectivity index (χ2n) is 6.62. The van der Waals surface area contributed by atoms with E-state index in [0.29, 0.717) is 6.04 Å². The van der Waals surface area contributed by atoms with Crippen LogP contribution in [-0.4, -0.2) is 30.6 Å². The minimum atomic E-state index is 0.580. The summed E-state index contributed by atoms with van der Waals surface area (Å²) in [7, 11) is 0. The summed E-state index contributed by atoms with van der Waals surface area (Å²) in [4.78, 5) is 2.80. The topological polar surface area (TPSA) is 15.3 Å². The Kier molecular flexibility index (Phi) is 5.36. The molecule has 0 spiro atoms. The van der Waals surface area contributed by atoms with Gasteiger partial charge < -0.3 is 5.32 Å². The number of nitrogens with one attached hydrogen (secondary N) is 1. The van der Waals surface area contributed by atoms with Crippen molar-refractivity contribution < 1.29 is 0 Å². The van der Waals surface area contributed by atoms with Gasteiger partial charge in [0, 0.05) is 23.1 Å². The summed E-state index contributed by atoms with van der Waals surface area (Å²) in [6.45, 7) is 6.02. The lowest BCUT2D eigenvalue weighted by Crippen LogP contribution is -2.40. The molecule has 1 saturated carbocycles. The Labute approximate surface area is 137 Å². The van der Waals surface area contributed by atoms with E-state index in [-0.39, 0.29) is 0 Å². The zero-order chi connectivity index (χ0) is 14.7. The van der Waals surface area contributed by atoms with Crippen molar-refractivity contribution in [2.75, 3.05) is 19.6 Å². The maximum absolute atomic E-state index is 3.63. The summed E-state index contributed by atoms with van der Waals surface area (Å²) in [5.74, 6) is 0.834. The van der Waals surface area contributed by atoms with Crippen LogP contribution in [0.5, 0.6) is 0 Å². The number of hydrogen-bond donors (Lipinski definition) is 1. The average molecular weight is 351 g/mol. The van der Waals surface area contributed by atoms with Crippen molar-refractivity contribution in [1.82, 2.24) is 10.2 Å². The van der Waals surface area contributed by atoms with Gasteiger partial charge in [0.2, 0.25) is 0 Å². The monoisotopic (exact) mass is 350 g/mol. The Bertz CT molecular complexity index is 452. The van der Waals surface area contributed by atoms with Gasteiger partial charge in [-0.05, 0) is 68.8 Å². The van der Waals surface area contributed by atoms with Crippen LogP contribution in [0.3, 0.4) is 0 Å². The predicted octanol–water partition coefficient (Wildman–Crippen LogP) is 4.36. The number of rotatable bonds is 6. The van der Waals surface area contributed by atoms with Gasteiger partial charge in [-0.25, -0.2) is 0 Å². The van der Waals surface area contributed by atoms with Crippen LogP contribution in [0.1, 0.15) is 50.6 Å². The van der Waals surface area contributed by atoms with Crippen molar-refractivity contribution in [1.29, 1.82) is 0 Å². The van der Waals surface area contributed by atoms with Crippen molar-refractivity contribution >= 4 is 15.9 Å². The third-order valence-corrected chi connectivity index (χ3v) is 5.40. The molecule has 3 rings (SSSR count). The van der Waals surface area contributed by atoms with E-state index in [2.05, 4.69) is 57.3 Å². The zero-order valence-electron chi connectivity index (χ0n) is 13.0. The lowest BCUT2D eigenvalue weighted by Gasteiger charge is -2.36. The molecule has 0 bridgehead atoms. The molecule has 0 radical (unpaired) electrons. The first-order chi connectivity index (χ1) is 10.3. The maximum atomic E-state index is 3.63. The average Bonchev–Trinajstić information content (AvgIpc) is 3.33. The fraction of sp³-hybridized carbons (Fsp3) is 0.667. The van der Waals surface area contributed by atoms with Crippen LogP contribution in [0.2, 0.25) is 0 Å². The molecule has 1 aromatic rings. The smallest absolute Gasteiger partial charge is 0.0348 e. The first-order valence-electron chi connectivity index (χ1n) is 8.50. The molecule has 1 heterocycles. The second-order valence-corrected chi connectivity index (χ2v) is 7.54. The van der Waals surface area contributed by atoms with E-state index in [1.165, 1.54) is 61.8 Å². The van der Waals surface area contributed by atoms with E-state index in [4.69, 9.17) is 0 Å². The van der Waals surface area contributed by atoms with Crippen molar-refractivity contribution in [2.45, 2.75) is 51.1 Å². The van der Waals surface area contributed by atoms with Crippen molar-refractivity contribution in [3.8, 4) is 0 Å². The molecule has 0 amide bonds. The number of halogens is 1. The third kappa shape index (κ3) is 4.08. The van der Waals surface area contributed by atoms with Gasteiger partial charge in [0.25, 0.3) is 0 Å². The van der Waals surface area contributed by atoms with Crippen LogP contribution in [0, 0.1) is 5.92 Å². The molecular weight excluding hydrogens is 324 g/mol. The van der Waals surface area contributed by atoms with Crippen molar-refractivity contribution in [3.63, 3.8) is 0 Å². The van der Waals surface area contributed by atoms with Gasteiger partial charge in [-0.1, -0.05) is 35.0 Å². The fourth-order valence-electron chi connectivity index (χ4n) is 3.69. The molecule has 2 aliphatic rings. The van der Waals surface area contributed by atoms with Crippen LogP contribution < -0.4 is 5.32 Å². The number of hydrogen-bond acceptors (Lipinski definition) is 2. The SMILES string of the molecule is CCC(c1cccc(Br)c1)N(CC1CCCNC1)C1CC1. The summed E-state index contributed by atoms with van der Waals surface area (Å²) in [6, 6.07) is 10.3. The Morgan fingerprint density at radius 2 is 2.19 bits per heavy atom. The Hall–Kier alpha value is -0.380. The molecule has 1 saturated heterocycles. The molecular formula is C18H27BrN2. The summed E-state index contributed by atoms with van der Waals surface area (Å²) in [5.41, 5.74) is 1.47. The van der Waals surface area contributed by atoms with Crippen LogP contribution in [0.25, 0.3) is 0 Å². The zero-order valence-corrected chi connectivity index (χ0v) is 14.6. The van der Waals surface area contributed by atoms with Crippen molar-refractivity contribution in [3.05, 3.63) is 34.3 Å². The highest BCUT2D eigenvalue weighted by Crippen LogP contribution is 2.37. The molecule has 2 fully saturated rings. The third-order valence-electron chi connectivity index (χ3n) is 4.90. The highest BCUT2D eigenvalue weighted by Gasteiger charge is 2.35. The predicted molar refractivity (Wildman–Crippen MR) is 92.5 cm³/mol. The minimum Gasteiger partial charge on any atom is -0.316 e. The normalized spacial score (nSPS) is 24.2. The van der Waals surface area contributed by atoms with Crippen LogP contribution >= 0.6 is 15.9 Å². The molecule has 1 N–H and O–H groups in total. The lowest BCUT2D eigenvalue weighted by atomic mass is 9.96. The van der Waals surface area contributed by atoms with Gasteiger partial charge in [0.15, 0.2) is 0 Å². The van der Waals surface area contributed by atoms with E-state index in [0.717, 1.165) is 12.0 Å². The first-order valence-corrected chi connectivity index (χ1v) is 9.29. The van der Waals surface area contributed by atoms with Crippen LogP contribution in [0.15, 0.2) is 28.7 Å². The summed E-state index contributed by atoms with van der Waals surface area (Å²) in [5, 5.41) is 3.57. The van der Waals surface area contributed by atoms with Gasteiger partial charge in [-0.2, -0.15) is 0 Å². The fourth-order valence-corrected chi connectivity index (χ4v) is 4.11. The molecule has 1 aliphatic heterocycles. The number of nitrogens with zero attached hydrogens (tertiary/aromatic N) is 1. The Morgan fingerprint density at radius 1 is 1.33 bits per heavy atom. The largest absolute Gasteiger partial charge is 0.316 e. The summed E-state index contributed by atoms with van der Waals surface area (Å²) in [6.07, 6.45) is 6.73. The van der Waals surface area contributed by atoms with E-state index in [9.17, 15) is 0 Å². The quantitative estimate of drug-likeness (QED) is 0.819. The standard InChI is InChI=1S/C18H27BrN2/c1-2-18(15-6-3-7-16(19)11-15)21(17-8-9-17)13-14-5-4-10-20-12-14/h3,6-7,11,14,17-18,20H,2,4-5,8-10,12-13H2,1H3. The molecule has 21 heavy (non-hydrogen) atoms. The lowest BCUT2D eigenvalue weighted by molar-refractivity contribution is 0.140. The highest BCUT2D eigenvalue weighted by atomic mass is 79.9. The van der Waals surface area contributed by atoms with Gasteiger partial charge in [0.1, 0.15) is 0 Å². The molecule has 1 aliphatic carbocycles. The van der Waals surface area contributed by atoms with Gasteiger partial charge >= 0.3 is 0 Å². The second kappa shape index (κ2) is 7.26. The maximum Gasteiger partial charge on any atom is 0.0348 e. The first kappa shape index (κ1) is 15.5. The molecule has 1 aromatic carbocycles. The Balaban J connectivity index is 1.74. The summed E-state index contributed by atoms with van der Waals surface area (Å²) >= 11 is 3.63. The molecule has 2 nitrogen and oxygen atoms in total. The van der Waals surface area contributed by atoms with E-state index < -0.39 is 0 Å². The van der Waals surface area contributed by atoms with Gasteiger partial charge in [-0.3, -0.25) is 4.90 Å². The van der Waals surface area contributed by atoms with Gasteiger partial charge in [0.05, 0.1) is 0 Å². The molecule has 2 atom stereocenters.